The molecule has 1 saturated heterocycles. The molecule has 2 aliphatic carbocycles. The van der Waals surface area contributed by atoms with Crippen LogP contribution in [0.4, 0.5) is 10.8 Å². The molecule has 2 fully saturated rings. The fourth-order valence-electron chi connectivity index (χ4n) is 4.70. The molecule has 1 atom stereocenters. The number of anilines is 2. The van der Waals surface area contributed by atoms with E-state index in [2.05, 4.69) is 10.2 Å². The standard InChI is InChI=1S/C24H30N4O2S/c1-16-5-2-3-8-19(16)25-22(29)18-9-10-20-21(15-18)31-24(26-20)28-13-11-27(12-14-28)23(30)17-6-4-7-17/h2-3,5,8,17-18H,4,6-7,9-15H2,1H3,(H,25,29)/t18-/m1/s1. The largest absolute Gasteiger partial charge is 0.345 e. The van der Waals surface area contributed by atoms with Gasteiger partial charge in [-0.1, -0.05) is 24.6 Å². The summed E-state index contributed by atoms with van der Waals surface area (Å²) in [4.78, 5) is 35.9. The molecule has 2 aromatic rings. The number of rotatable bonds is 4. The number of hydrogen-bond acceptors (Lipinski definition) is 5. The van der Waals surface area contributed by atoms with E-state index in [4.69, 9.17) is 4.98 Å². The molecule has 7 heteroatoms. The summed E-state index contributed by atoms with van der Waals surface area (Å²) in [6, 6.07) is 7.92. The normalized spacial score (nSPS) is 21.4. The van der Waals surface area contributed by atoms with Crippen LogP contribution in [0.25, 0.3) is 0 Å². The van der Waals surface area contributed by atoms with Crippen molar-refractivity contribution in [3.63, 3.8) is 0 Å². The lowest BCUT2D eigenvalue weighted by atomic mass is 9.84. The van der Waals surface area contributed by atoms with Crippen molar-refractivity contribution >= 4 is 34.0 Å². The Balaban J connectivity index is 1.19. The van der Waals surface area contributed by atoms with Gasteiger partial charge in [0, 0.05) is 48.6 Å². The highest BCUT2D eigenvalue weighted by molar-refractivity contribution is 7.15. The highest BCUT2D eigenvalue weighted by atomic mass is 32.1. The summed E-state index contributed by atoms with van der Waals surface area (Å²) < 4.78 is 0. The number of aromatic nitrogens is 1. The smallest absolute Gasteiger partial charge is 0.227 e. The van der Waals surface area contributed by atoms with Crippen LogP contribution in [0.15, 0.2) is 24.3 Å². The second-order valence-corrected chi connectivity index (χ2v) is 10.1. The van der Waals surface area contributed by atoms with Crippen molar-refractivity contribution in [2.24, 2.45) is 11.8 Å². The molecule has 2 heterocycles. The van der Waals surface area contributed by atoms with Crippen molar-refractivity contribution < 1.29 is 9.59 Å². The van der Waals surface area contributed by atoms with Gasteiger partial charge in [-0.2, -0.15) is 0 Å². The van der Waals surface area contributed by atoms with Crippen LogP contribution in [0.2, 0.25) is 0 Å². The van der Waals surface area contributed by atoms with E-state index in [0.717, 1.165) is 80.4 Å². The van der Waals surface area contributed by atoms with Crippen molar-refractivity contribution in [1.29, 1.82) is 0 Å². The number of carbonyl (C=O) groups excluding carboxylic acids is 2. The van der Waals surface area contributed by atoms with E-state index in [1.54, 1.807) is 11.3 Å². The molecule has 1 aromatic carbocycles. The lowest BCUT2D eigenvalue weighted by molar-refractivity contribution is -0.138. The van der Waals surface area contributed by atoms with Gasteiger partial charge < -0.3 is 15.1 Å². The molecule has 0 radical (unpaired) electrons. The van der Waals surface area contributed by atoms with E-state index in [0.29, 0.717) is 5.91 Å². The van der Waals surface area contributed by atoms with E-state index in [-0.39, 0.29) is 17.7 Å². The lowest BCUT2D eigenvalue weighted by Gasteiger charge is -2.38. The molecule has 1 N–H and O–H groups in total. The van der Waals surface area contributed by atoms with Crippen molar-refractivity contribution in [2.45, 2.75) is 45.4 Å². The maximum absolute atomic E-state index is 12.8. The Bertz CT molecular complexity index is 976. The van der Waals surface area contributed by atoms with Crippen LogP contribution in [-0.4, -0.2) is 47.9 Å². The first kappa shape index (κ1) is 20.5. The Labute approximate surface area is 187 Å². The highest BCUT2D eigenvalue weighted by Crippen LogP contribution is 2.35. The first-order valence-corrected chi connectivity index (χ1v) is 12.3. The molecule has 164 valence electrons. The molecular weight excluding hydrogens is 408 g/mol. The topological polar surface area (TPSA) is 65.5 Å². The van der Waals surface area contributed by atoms with Crippen LogP contribution in [-0.2, 0) is 22.4 Å². The fraction of sp³-hybridized carbons (Fsp3) is 0.542. The monoisotopic (exact) mass is 438 g/mol. The third kappa shape index (κ3) is 4.20. The summed E-state index contributed by atoms with van der Waals surface area (Å²) in [6.07, 6.45) is 5.80. The third-order valence-electron chi connectivity index (χ3n) is 7.02. The second kappa shape index (κ2) is 8.61. The number of thiazole rings is 1. The molecule has 6 nitrogen and oxygen atoms in total. The molecule has 1 aliphatic heterocycles. The molecule has 2 amide bonds. The molecular formula is C24H30N4O2S. The second-order valence-electron chi connectivity index (χ2n) is 9.05. The number of amides is 2. The minimum atomic E-state index is -0.00245. The molecule has 1 aromatic heterocycles. The fourth-order valence-corrected chi connectivity index (χ4v) is 5.94. The zero-order valence-corrected chi connectivity index (χ0v) is 18.9. The van der Waals surface area contributed by atoms with E-state index < -0.39 is 0 Å². The van der Waals surface area contributed by atoms with Crippen LogP contribution in [0, 0.1) is 18.8 Å². The van der Waals surface area contributed by atoms with Crippen LogP contribution in [0.1, 0.15) is 41.8 Å². The number of fused-ring (bicyclic) bond motifs is 1. The van der Waals surface area contributed by atoms with Gasteiger partial charge in [0.2, 0.25) is 11.8 Å². The van der Waals surface area contributed by atoms with E-state index in [1.807, 2.05) is 36.1 Å². The number of aryl methyl sites for hydroxylation is 2. The zero-order chi connectivity index (χ0) is 21.4. The number of para-hydroxylation sites is 1. The van der Waals surface area contributed by atoms with E-state index in [9.17, 15) is 9.59 Å². The van der Waals surface area contributed by atoms with Crippen LogP contribution >= 0.6 is 11.3 Å². The Morgan fingerprint density at radius 3 is 2.55 bits per heavy atom. The van der Waals surface area contributed by atoms with Gasteiger partial charge in [0.15, 0.2) is 5.13 Å². The first-order chi connectivity index (χ1) is 15.1. The Hall–Kier alpha value is -2.41. The molecule has 3 aliphatic rings. The minimum Gasteiger partial charge on any atom is -0.345 e. The van der Waals surface area contributed by atoms with Crippen molar-refractivity contribution in [3.8, 4) is 0 Å². The predicted molar refractivity (Wildman–Crippen MR) is 124 cm³/mol. The lowest BCUT2D eigenvalue weighted by Crippen LogP contribution is -2.51. The molecule has 0 unspecified atom stereocenters. The van der Waals surface area contributed by atoms with Crippen molar-refractivity contribution in [2.75, 3.05) is 36.4 Å². The maximum Gasteiger partial charge on any atom is 0.227 e. The molecule has 0 spiro atoms. The van der Waals surface area contributed by atoms with E-state index >= 15 is 0 Å². The number of nitrogens with zero attached hydrogens (tertiary/aromatic N) is 3. The van der Waals surface area contributed by atoms with Crippen LogP contribution in [0.3, 0.4) is 0 Å². The number of nitrogens with one attached hydrogen (secondary N) is 1. The Morgan fingerprint density at radius 1 is 1.06 bits per heavy atom. The van der Waals surface area contributed by atoms with Gasteiger partial charge in [-0.05, 0) is 50.7 Å². The first-order valence-electron chi connectivity index (χ1n) is 11.5. The average Bonchev–Trinajstić information content (AvgIpc) is 3.17. The number of piperazine rings is 1. The number of benzene rings is 1. The third-order valence-corrected chi connectivity index (χ3v) is 8.20. The number of hydrogen-bond donors (Lipinski definition) is 1. The summed E-state index contributed by atoms with van der Waals surface area (Å²) >= 11 is 1.74. The molecule has 1 saturated carbocycles. The van der Waals surface area contributed by atoms with Crippen molar-refractivity contribution in [3.05, 3.63) is 40.4 Å². The predicted octanol–water partition coefficient (Wildman–Crippen LogP) is 3.64. The van der Waals surface area contributed by atoms with Crippen LogP contribution < -0.4 is 10.2 Å². The summed E-state index contributed by atoms with van der Waals surface area (Å²) in [5.41, 5.74) is 3.15. The van der Waals surface area contributed by atoms with Crippen LogP contribution in [0.5, 0.6) is 0 Å². The molecule has 0 bridgehead atoms. The van der Waals surface area contributed by atoms with Gasteiger partial charge in [-0.25, -0.2) is 4.98 Å². The van der Waals surface area contributed by atoms with Crippen molar-refractivity contribution in [1.82, 2.24) is 9.88 Å². The van der Waals surface area contributed by atoms with Gasteiger partial charge in [0.05, 0.1) is 5.69 Å². The molecule has 31 heavy (non-hydrogen) atoms. The summed E-state index contributed by atoms with van der Waals surface area (Å²) in [6.45, 7) is 5.30. The molecule has 5 rings (SSSR count). The quantitative estimate of drug-likeness (QED) is 0.792. The Morgan fingerprint density at radius 2 is 1.84 bits per heavy atom. The maximum atomic E-state index is 12.8. The Kier molecular flexibility index (Phi) is 5.69. The van der Waals surface area contributed by atoms with Gasteiger partial charge in [-0.3, -0.25) is 9.59 Å². The van der Waals surface area contributed by atoms with Gasteiger partial charge >= 0.3 is 0 Å². The number of carbonyl (C=O) groups is 2. The zero-order valence-electron chi connectivity index (χ0n) is 18.1. The summed E-state index contributed by atoms with van der Waals surface area (Å²) in [5.74, 6) is 0.740. The minimum absolute atomic E-state index is 0.00245. The average molecular weight is 439 g/mol. The van der Waals surface area contributed by atoms with E-state index in [1.165, 1.54) is 11.3 Å². The SMILES string of the molecule is Cc1ccccc1NC(=O)[C@@H]1CCc2nc(N3CCN(C(=O)C4CCC4)CC3)sc2C1. The highest BCUT2D eigenvalue weighted by Gasteiger charge is 2.33. The van der Waals surface area contributed by atoms with Gasteiger partial charge in [0.25, 0.3) is 0 Å². The van der Waals surface area contributed by atoms with Gasteiger partial charge in [0.1, 0.15) is 0 Å². The summed E-state index contributed by atoms with van der Waals surface area (Å²) in [7, 11) is 0. The van der Waals surface area contributed by atoms with Gasteiger partial charge in [-0.15, -0.1) is 11.3 Å². The summed E-state index contributed by atoms with van der Waals surface area (Å²) in [5, 5.41) is 4.17.